The molecule has 0 saturated carbocycles. The van der Waals surface area contributed by atoms with E-state index in [1.807, 2.05) is 0 Å². The monoisotopic (exact) mass is 272 g/mol. The fourth-order valence-electron chi connectivity index (χ4n) is 1.07. The Morgan fingerprint density at radius 2 is 2.12 bits per heavy atom. The summed E-state index contributed by atoms with van der Waals surface area (Å²) in [5.74, 6) is -0.634. The van der Waals surface area contributed by atoms with Gasteiger partial charge in [-0.05, 0) is 0 Å². The number of halogens is 3. The van der Waals surface area contributed by atoms with Gasteiger partial charge in [-0.25, -0.2) is 27.3 Å². The molecule has 90 valence electrons. The second-order valence-corrected chi connectivity index (χ2v) is 4.59. The predicted molar refractivity (Wildman–Crippen MR) is 52.1 cm³/mol. The van der Waals surface area contributed by atoms with Crippen molar-refractivity contribution in [3.05, 3.63) is 16.8 Å². The highest BCUT2D eigenvalue weighted by atomic mass is 35.5. The summed E-state index contributed by atoms with van der Waals surface area (Å²) >= 11 is 5.47. The molecule has 0 fully saturated rings. The SMILES string of the molecule is COc1c(S(N)(=O)=O)ncc(Cl)c1C(F)F. The molecule has 0 aliphatic carbocycles. The van der Waals surface area contributed by atoms with Gasteiger partial charge < -0.3 is 4.74 Å². The first kappa shape index (κ1) is 13.1. The van der Waals surface area contributed by atoms with Gasteiger partial charge in [0.25, 0.3) is 16.4 Å². The maximum absolute atomic E-state index is 12.6. The van der Waals surface area contributed by atoms with Crippen molar-refractivity contribution in [2.75, 3.05) is 7.11 Å². The molecule has 0 aliphatic rings. The summed E-state index contributed by atoms with van der Waals surface area (Å²) in [7, 11) is -3.22. The number of sulfonamides is 1. The number of aromatic nitrogens is 1. The van der Waals surface area contributed by atoms with Gasteiger partial charge in [0.1, 0.15) is 0 Å². The lowest BCUT2D eigenvalue weighted by Crippen LogP contribution is -2.16. The van der Waals surface area contributed by atoms with Crippen LogP contribution in [0.15, 0.2) is 11.2 Å². The molecule has 0 amide bonds. The molecule has 1 aromatic rings. The molecular formula is C7H7ClF2N2O3S. The lowest BCUT2D eigenvalue weighted by atomic mass is 10.2. The van der Waals surface area contributed by atoms with Crippen molar-refractivity contribution in [1.82, 2.24) is 4.98 Å². The number of nitrogens with zero attached hydrogens (tertiary/aromatic N) is 1. The van der Waals surface area contributed by atoms with Gasteiger partial charge in [-0.1, -0.05) is 11.6 Å². The van der Waals surface area contributed by atoms with E-state index in [0.29, 0.717) is 0 Å². The van der Waals surface area contributed by atoms with Gasteiger partial charge in [0.15, 0.2) is 5.75 Å². The zero-order valence-corrected chi connectivity index (χ0v) is 9.52. The van der Waals surface area contributed by atoms with Gasteiger partial charge in [0.2, 0.25) is 5.03 Å². The first-order valence-electron chi connectivity index (χ1n) is 3.82. The number of ether oxygens (including phenoxy) is 1. The van der Waals surface area contributed by atoms with Gasteiger partial charge in [-0.15, -0.1) is 0 Å². The van der Waals surface area contributed by atoms with Crippen molar-refractivity contribution in [2.45, 2.75) is 11.5 Å². The number of alkyl halides is 2. The van der Waals surface area contributed by atoms with E-state index in [9.17, 15) is 17.2 Å². The highest BCUT2D eigenvalue weighted by Crippen LogP contribution is 2.37. The summed E-state index contributed by atoms with van der Waals surface area (Å²) in [6, 6.07) is 0. The highest BCUT2D eigenvalue weighted by molar-refractivity contribution is 7.89. The van der Waals surface area contributed by atoms with Crippen molar-refractivity contribution >= 4 is 21.6 Å². The molecule has 1 aromatic heterocycles. The molecule has 1 heterocycles. The third-order valence-corrected chi connectivity index (χ3v) is 2.81. The highest BCUT2D eigenvalue weighted by Gasteiger charge is 2.27. The van der Waals surface area contributed by atoms with Crippen molar-refractivity contribution in [3.63, 3.8) is 0 Å². The quantitative estimate of drug-likeness (QED) is 0.900. The summed E-state index contributed by atoms with van der Waals surface area (Å²) in [6.07, 6.45) is -2.21. The van der Waals surface area contributed by atoms with Crippen LogP contribution in [0.4, 0.5) is 8.78 Å². The van der Waals surface area contributed by atoms with E-state index >= 15 is 0 Å². The summed E-state index contributed by atoms with van der Waals surface area (Å²) in [6.45, 7) is 0. The summed E-state index contributed by atoms with van der Waals surface area (Å²) in [5.41, 5.74) is -0.747. The van der Waals surface area contributed by atoms with E-state index in [-0.39, 0.29) is 5.02 Å². The van der Waals surface area contributed by atoms with Gasteiger partial charge in [0.05, 0.1) is 17.7 Å². The fraction of sp³-hybridized carbons (Fsp3) is 0.286. The van der Waals surface area contributed by atoms with E-state index in [2.05, 4.69) is 9.72 Å². The zero-order valence-electron chi connectivity index (χ0n) is 7.95. The minimum atomic E-state index is -4.25. The van der Waals surface area contributed by atoms with E-state index in [0.717, 1.165) is 13.3 Å². The Morgan fingerprint density at radius 3 is 2.50 bits per heavy atom. The van der Waals surface area contributed by atoms with Crippen molar-refractivity contribution in [1.29, 1.82) is 0 Å². The number of rotatable bonds is 3. The Bertz CT molecular complexity index is 507. The average molecular weight is 273 g/mol. The maximum atomic E-state index is 12.6. The van der Waals surface area contributed by atoms with Gasteiger partial charge in [-0.3, -0.25) is 0 Å². The number of hydrogen-bond donors (Lipinski definition) is 1. The number of methoxy groups -OCH3 is 1. The Hall–Kier alpha value is -0.990. The average Bonchev–Trinajstić information content (AvgIpc) is 2.14. The van der Waals surface area contributed by atoms with Crippen LogP contribution in [-0.4, -0.2) is 20.5 Å². The van der Waals surface area contributed by atoms with Crippen LogP contribution in [0.3, 0.4) is 0 Å². The van der Waals surface area contributed by atoms with Crippen molar-refractivity contribution in [3.8, 4) is 5.75 Å². The molecule has 0 radical (unpaired) electrons. The van der Waals surface area contributed by atoms with E-state index < -0.39 is 32.8 Å². The van der Waals surface area contributed by atoms with E-state index in [4.69, 9.17) is 16.7 Å². The van der Waals surface area contributed by atoms with E-state index in [1.54, 1.807) is 0 Å². The predicted octanol–water partition coefficient (Wildman–Crippen LogP) is 1.33. The summed E-state index contributed by atoms with van der Waals surface area (Å²) < 4.78 is 51.9. The third-order valence-electron chi connectivity index (χ3n) is 1.68. The van der Waals surface area contributed by atoms with Gasteiger partial charge in [-0.2, -0.15) is 0 Å². The van der Waals surface area contributed by atoms with Crippen molar-refractivity contribution < 1.29 is 21.9 Å². The fourth-order valence-corrected chi connectivity index (χ4v) is 1.94. The Labute approximate surface area is 95.2 Å². The van der Waals surface area contributed by atoms with Gasteiger partial charge >= 0.3 is 0 Å². The molecule has 0 bridgehead atoms. The smallest absolute Gasteiger partial charge is 0.269 e. The lowest BCUT2D eigenvalue weighted by Gasteiger charge is -2.11. The largest absolute Gasteiger partial charge is 0.493 e. The molecule has 0 aliphatic heterocycles. The second kappa shape index (κ2) is 4.48. The third kappa shape index (κ3) is 2.39. The molecule has 2 N–H and O–H groups in total. The normalized spacial score (nSPS) is 11.9. The van der Waals surface area contributed by atoms with Crippen molar-refractivity contribution in [2.24, 2.45) is 5.14 Å². The number of primary sulfonamides is 1. The Morgan fingerprint density at radius 1 is 1.56 bits per heavy atom. The van der Waals surface area contributed by atoms with Gasteiger partial charge in [0, 0.05) is 6.20 Å². The van der Waals surface area contributed by atoms with Crippen LogP contribution in [0.5, 0.6) is 5.75 Å². The first-order valence-corrected chi connectivity index (χ1v) is 5.74. The molecule has 1 rings (SSSR count). The van der Waals surface area contributed by atoms with Crippen LogP contribution in [0.1, 0.15) is 12.0 Å². The van der Waals surface area contributed by atoms with Crippen LogP contribution in [-0.2, 0) is 10.0 Å². The molecule has 5 nitrogen and oxygen atoms in total. The molecule has 0 atom stereocenters. The molecule has 16 heavy (non-hydrogen) atoms. The zero-order chi connectivity index (χ0) is 12.5. The number of hydrogen-bond acceptors (Lipinski definition) is 4. The summed E-state index contributed by atoms with van der Waals surface area (Å²) in [4.78, 5) is 3.36. The Balaban J connectivity index is 3.62. The molecular weight excluding hydrogens is 266 g/mol. The lowest BCUT2D eigenvalue weighted by molar-refractivity contribution is 0.146. The van der Waals surface area contributed by atoms with E-state index in [1.165, 1.54) is 0 Å². The molecule has 0 spiro atoms. The topological polar surface area (TPSA) is 82.3 Å². The second-order valence-electron chi connectivity index (χ2n) is 2.70. The molecule has 9 heteroatoms. The minimum Gasteiger partial charge on any atom is -0.493 e. The standard InChI is InChI=1S/C7H7ClF2N2O3S/c1-15-5-4(6(9)10)3(8)2-12-7(5)16(11,13)14/h2,6H,1H3,(H2,11,13,14). The maximum Gasteiger partial charge on any atom is 0.269 e. The van der Waals surface area contributed by atoms with Crippen LogP contribution >= 0.6 is 11.6 Å². The van der Waals surface area contributed by atoms with Crippen LogP contribution in [0.25, 0.3) is 0 Å². The summed E-state index contributed by atoms with van der Waals surface area (Å²) in [5, 5.41) is 3.64. The van der Waals surface area contributed by atoms with Crippen LogP contribution in [0, 0.1) is 0 Å². The molecule has 0 aromatic carbocycles. The number of nitrogens with two attached hydrogens (primary N) is 1. The van der Waals surface area contributed by atoms with Crippen LogP contribution < -0.4 is 9.88 Å². The Kier molecular flexibility index (Phi) is 3.66. The molecule has 0 saturated heterocycles. The van der Waals surface area contributed by atoms with Crippen LogP contribution in [0.2, 0.25) is 5.02 Å². The minimum absolute atomic E-state index is 0.390. The number of pyridine rings is 1. The first-order chi connectivity index (χ1) is 7.29. The molecule has 0 unspecified atom stereocenters.